The largest absolute Gasteiger partial charge is 0.354 e. The van der Waals surface area contributed by atoms with Gasteiger partial charge in [0, 0.05) is 30.2 Å². The summed E-state index contributed by atoms with van der Waals surface area (Å²) < 4.78 is 26.9. The predicted octanol–water partition coefficient (Wildman–Crippen LogP) is 4.34. The molecule has 0 saturated carbocycles. The van der Waals surface area contributed by atoms with Crippen LogP contribution in [-0.2, 0) is 26.2 Å². The first-order valence-corrected chi connectivity index (χ1v) is 13.3. The van der Waals surface area contributed by atoms with E-state index in [1.807, 2.05) is 13.8 Å². The van der Waals surface area contributed by atoms with E-state index in [-0.39, 0.29) is 17.3 Å². The van der Waals surface area contributed by atoms with Gasteiger partial charge in [-0.2, -0.15) is 4.31 Å². The Labute approximate surface area is 212 Å². The lowest BCUT2D eigenvalue weighted by Gasteiger charge is -2.32. The highest BCUT2D eigenvalue weighted by atomic mass is 35.5. The molecule has 0 saturated heterocycles. The number of sulfonamides is 1. The second kappa shape index (κ2) is 13.1. The van der Waals surface area contributed by atoms with Crippen LogP contribution in [0.2, 0.25) is 10.0 Å². The number of likely N-dealkylation sites (N-methyl/N-ethyl adjacent to an activating group) is 1. The van der Waals surface area contributed by atoms with Gasteiger partial charge in [0.05, 0.1) is 11.4 Å². The van der Waals surface area contributed by atoms with Crippen LogP contribution in [0.1, 0.15) is 38.7 Å². The van der Waals surface area contributed by atoms with Gasteiger partial charge in [-0.05, 0) is 54.8 Å². The Bertz CT molecular complexity index is 1060. The minimum absolute atomic E-state index is 0.0285. The third-order valence-electron chi connectivity index (χ3n) is 5.36. The van der Waals surface area contributed by atoms with Gasteiger partial charge in [-0.15, -0.1) is 0 Å². The molecular formula is C24H31Cl2N3O4S. The Morgan fingerprint density at radius 3 is 2.06 bits per heavy atom. The number of hydrogen-bond acceptors (Lipinski definition) is 4. The molecule has 0 unspecified atom stereocenters. The van der Waals surface area contributed by atoms with E-state index in [1.54, 1.807) is 24.3 Å². The van der Waals surface area contributed by atoms with Crippen molar-refractivity contribution in [2.75, 3.05) is 20.1 Å². The average Bonchev–Trinajstić information content (AvgIpc) is 2.80. The minimum Gasteiger partial charge on any atom is -0.354 e. The quantitative estimate of drug-likeness (QED) is 0.416. The van der Waals surface area contributed by atoms with Crippen molar-refractivity contribution in [3.05, 3.63) is 64.1 Å². The molecule has 0 bridgehead atoms. The van der Waals surface area contributed by atoms with Gasteiger partial charge in [-0.25, -0.2) is 8.42 Å². The Kier molecular flexibility index (Phi) is 10.8. The summed E-state index contributed by atoms with van der Waals surface area (Å²) >= 11 is 11.8. The van der Waals surface area contributed by atoms with Crippen LogP contribution in [0, 0.1) is 0 Å². The second-order valence-corrected chi connectivity index (χ2v) is 10.8. The van der Waals surface area contributed by atoms with Crippen LogP contribution in [0.15, 0.2) is 53.4 Å². The Hall–Kier alpha value is -2.13. The number of halogens is 2. The van der Waals surface area contributed by atoms with Crippen LogP contribution >= 0.6 is 23.2 Å². The summed E-state index contributed by atoms with van der Waals surface area (Å²) in [6, 6.07) is 12.0. The van der Waals surface area contributed by atoms with Crippen LogP contribution in [0.5, 0.6) is 0 Å². The van der Waals surface area contributed by atoms with Crippen molar-refractivity contribution in [3.63, 3.8) is 0 Å². The molecule has 2 aromatic carbocycles. The first kappa shape index (κ1) is 28.1. The molecule has 34 heavy (non-hydrogen) atoms. The maximum atomic E-state index is 13.4. The van der Waals surface area contributed by atoms with Gasteiger partial charge in [0.1, 0.15) is 6.04 Å². The molecule has 186 valence electrons. The standard InChI is InChI=1S/C24H31Cl2N3O4S/c1-4-6-15-27-24(31)22(5-2)29(16-18-7-9-19(25)10-8-18)23(30)17-28(3)34(32,33)21-13-11-20(26)12-14-21/h7-14,22H,4-6,15-17H2,1-3H3,(H,27,31)/t22-/m0/s1. The summed E-state index contributed by atoms with van der Waals surface area (Å²) in [5.41, 5.74) is 0.778. The summed E-state index contributed by atoms with van der Waals surface area (Å²) in [7, 11) is -2.59. The van der Waals surface area contributed by atoms with E-state index in [0.717, 1.165) is 22.7 Å². The van der Waals surface area contributed by atoms with Crippen molar-refractivity contribution < 1.29 is 18.0 Å². The lowest BCUT2D eigenvalue weighted by atomic mass is 10.1. The van der Waals surface area contributed by atoms with Crippen molar-refractivity contribution in [1.82, 2.24) is 14.5 Å². The summed E-state index contributed by atoms with van der Waals surface area (Å²) in [5, 5.41) is 3.85. The van der Waals surface area contributed by atoms with Gasteiger partial charge in [-0.3, -0.25) is 9.59 Å². The number of carbonyl (C=O) groups excluding carboxylic acids is 2. The van der Waals surface area contributed by atoms with Gasteiger partial charge < -0.3 is 10.2 Å². The van der Waals surface area contributed by atoms with Gasteiger partial charge in [-0.1, -0.05) is 55.6 Å². The van der Waals surface area contributed by atoms with E-state index in [2.05, 4.69) is 5.32 Å². The van der Waals surface area contributed by atoms with Gasteiger partial charge in [0.15, 0.2) is 0 Å². The molecule has 0 aliphatic carbocycles. The number of rotatable bonds is 12. The van der Waals surface area contributed by atoms with Crippen LogP contribution in [0.4, 0.5) is 0 Å². The van der Waals surface area contributed by atoms with E-state index in [9.17, 15) is 18.0 Å². The highest BCUT2D eigenvalue weighted by Gasteiger charge is 2.31. The number of hydrogen-bond donors (Lipinski definition) is 1. The Balaban J connectivity index is 2.28. The lowest BCUT2D eigenvalue weighted by Crippen LogP contribution is -2.51. The second-order valence-electron chi connectivity index (χ2n) is 7.93. The molecule has 0 fully saturated rings. The zero-order chi connectivity index (χ0) is 25.3. The fraction of sp³-hybridized carbons (Fsp3) is 0.417. The Morgan fingerprint density at radius 1 is 0.971 bits per heavy atom. The normalized spacial score (nSPS) is 12.4. The molecule has 10 heteroatoms. The molecule has 2 amide bonds. The van der Waals surface area contributed by atoms with E-state index in [4.69, 9.17) is 23.2 Å². The first-order valence-electron chi connectivity index (χ1n) is 11.1. The van der Waals surface area contributed by atoms with E-state index in [0.29, 0.717) is 23.0 Å². The van der Waals surface area contributed by atoms with Gasteiger partial charge >= 0.3 is 0 Å². The monoisotopic (exact) mass is 527 g/mol. The molecule has 0 heterocycles. The van der Waals surface area contributed by atoms with Crippen molar-refractivity contribution in [2.24, 2.45) is 0 Å². The van der Waals surface area contributed by atoms with Crippen LogP contribution in [0.3, 0.4) is 0 Å². The number of nitrogens with one attached hydrogen (secondary N) is 1. The predicted molar refractivity (Wildman–Crippen MR) is 135 cm³/mol. The van der Waals surface area contributed by atoms with Crippen LogP contribution in [0.25, 0.3) is 0 Å². The summed E-state index contributed by atoms with van der Waals surface area (Å²) in [6.45, 7) is 4.08. The van der Waals surface area contributed by atoms with E-state index < -0.39 is 28.5 Å². The molecule has 0 radical (unpaired) electrons. The van der Waals surface area contributed by atoms with Gasteiger partial charge in [0.2, 0.25) is 21.8 Å². The third kappa shape index (κ3) is 7.70. The van der Waals surface area contributed by atoms with Crippen molar-refractivity contribution in [3.8, 4) is 0 Å². The molecule has 7 nitrogen and oxygen atoms in total. The molecule has 1 N–H and O–H groups in total. The first-order chi connectivity index (χ1) is 16.1. The SMILES string of the molecule is CCCCNC(=O)[C@H](CC)N(Cc1ccc(Cl)cc1)C(=O)CN(C)S(=O)(=O)c1ccc(Cl)cc1. The molecule has 2 rings (SSSR count). The molecule has 2 aromatic rings. The number of nitrogens with zero attached hydrogens (tertiary/aromatic N) is 2. The zero-order valence-corrected chi connectivity index (χ0v) is 22.0. The maximum Gasteiger partial charge on any atom is 0.243 e. The Morgan fingerprint density at radius 2 is 1.53 bits per heavy atom. The summed E-state index contributed by atoms with van der Waals surface area (Å²) in [6.07, 6.45) is 2.14. The van der Waals surface area contributed by atoms with Gasteiger partial charge in [0.25, 0.3) is 0 Å². The third-order valence-corrected chi connectivity index (χ3v) is 7.68. The smallest absolute Gasteiger partial charge is 0.243 e. The van der Waals surface area contributed by atoms with E-state index in [1.165, 1.54) is 36.2 Å². The molecule has 0 spiro atoms. The van der Waals surface area contributed by atoms with Crippen LogP contribution in [-0.4, -0.2) is 55.6 Å². The van der Waals surface area contributed by atoms with E-state index >= 15 is 0 Å². The highest BCUT2D eigenvalue weighted by molar-refractivity contribution is 7.89. The number of unbranched alkanes of at least 4 members (excludes halogenated alkanes) is 1. The highest BCUT2D eigenvalue weighted by Crippen LogP contribution is 2.19. The molecule has 1 atom stereocenters. The molecule has 0 aliphatic heterocycles. The van der Waals surface area contributed by atoms with Crippen molar-refractivity contribution in [2.45, 2.75) is 50.6 Å². The molecular weight excluding hydrogens is 497 g/mol. The van der Waals surface area contributed by atoms with Crippen molar-refractivity contribution in [1.29, 1.82) is 0 Å². The molecule has 0 aromatic heterocycles. The fourth-order valence-electron chi connectivity index (χ4n) is 3.36. The minimum atomic E-state index is -3.92. The maximum absolute atomic E-state index is 13.4. The number of amides is 2. The number of benzene rings is 2. The average molecular weight is 529 g/mol. The fourth-order valence-corrected chi connectivity index (χ4v) is 4.74. The number of carbonyl (C=O) groups is 2. The van der Waals surface area contributed by atoms with Crippen LogP contribution < -0.4 is 5.32 Å². The summed E-state index contributed by atoms with van der Waals surface area (Å²) in [5.74, 6) is -0.742. The summed E-state index contributed by atoms with van der Waals surface area (Å²) in [4.78, 5) is 27.7. The zero-order valence-electron chi connectivity index (χ0n) is 19.6. The topological polar surface area (TPSA) is 86.8 Å². The molecule has 0 aliphatic rings. The van der Waals surface area contributed by atoms with Crippen molar-refractivity contribution >= 4 is 45.0 Å². The lowest BCUT2D eigenvalue weighted by molar-refractivity contribution is -0.141.